The molecule has 0 spiro atoms. The smallest absolute Gasteiger partial charge is 0.115 e. The minimum atomic E-state index is -0.401. The maximum absolute atomic E-state index is 9.17. The highest BCUT2D eigenvalue weighted by Crippen LogP contribution is 2.24. The van der Waals surface area contributed by atoms with Gasteiger partial charge in [-0.05, 0) is 23.8 Å². The first kappa shape index (κ1) is 10.6. The maximum atomic E-state index is 9.17. The Labute approximate surface area is 98.4 Å². The zero-order chi connectivity index (χ0) is 11.4. The molecule has 0 aliphatic carbocycles. The molecular weight excluding hydrogens is 222 g/mol. The van der Waals surface area contributed by atoms with Crippen molar-refractivity contribution in [3.05, 3.63) is 59.1 Å². The standard InChI is InChI=1S/C12H8ClN3/c13-10-3-1-2-9(6-10)11(7-14)12-4-5-15-8-16-12/h1-6,8,11H. The van der Waals surface area contributed by atoms with Gasteiger partial charge >= 0.3 is 0 Å². The molecule has 0 saturated heterocycles. The van der Waals surface area contributed by atoms with Crippen LogP contribution < -0.4 is 0 Å². The van der Waals surface area contributed by atoms with E-state index in [-0.39, 0.29) is 0 Å². The Balaban J connectivity index is 2.42. The molecule has 0 fully saturated rings. The third kappa shape index (κ3) is 2.18. The van der Waals surface area contributed by atoms with Crippen LogP contribution in [-0.2, 0) is 0 Å². The van der Waals surface area contributed by atoms with Crippen LogP contribution in [0.3, 0.4) is 0 Å². The Morgan fingerprint density at radius 1 is 1.31 bits per heavy atom. The summed E-state index contributed by atoms with van der Waals surface area (Å²) in [6.07, 6.45) is 3.06. The summed E-state index contributed by atoms with van der Waals surface area (Å²) < 4.78 is 0. The van der Waals surface area contributed by atoms with Gasteiger partial charge in [-0.15, -0.1) is 0 Å². The fourth-order valence-electron chi connectivity index (χ4n) is 1.47. The molecule has 0 N–H and O–H groups in total. The van der Waals surface area contributed by atoms with Crippen molar-refractivity contribution in [3.63, 3.8) is 0 Å². The lowest BCUT2D eigenvalue weighted by molar-refractivity contribution is 0.943. The summed E-state index contributed by atoms with van der Waals surface area (Å²) in [5, 5.41) is 9.79. The van der Waals surface area contributed by atoms with Crippen LogP contribution in [0, 0.1) is 11.3 Å². The second-order valence-corrected chi connectivity index (χ2v) is 3.69. The lowest BCUT2D eigenvalue weighted by Crippen LogP contribution is -2.00. The molecule has 0 amide bonds. The van der Waals surface area contributed by atoms with Crippen molar-refractivity contribution in [2.24, 2.45) is 0 Å². The van der Waals surface area contributed by atoms with Gasteiger partial charge in [-0.25, -0.2) is 9.97 Å². The van der Waals surface area contributed by atoms with E-state index in [1.54, 1.807) is 24.4 Å². The van der Waals surface area contributed by atoms with Crippen LogP contribution in [0.25, 0.3) is 0 Å². The van der Waals surface area contributed by atoms with Gasteiger partial charge < -0.3 is 0 Å². The zero-order valence-corrected chi connectivity index (χ0v) is 9.09. The molecule has 1 atom stereocenters. The molecule has 1 aromatic carbocycles. The molecule has 0 saturated carbocycles. The van der Waals surface area contributed by atoms with Crippen molar-refractivity contribution in [2.75, 3.05) is 0 Å². The van der Waals surface area contributed by atoms with E-state index in [0.29, 0.717) is 10.7 Å². The van der Waals surface area contributed by atoms with Gasteiger partial charge in [0.25, 0.3) is 0 Å². The lowest BCUT2D eigenvalue weighted by Gasteiger charge is -2.08. The van der Waals surface area contributed by atoms with Crippen molar-refractivity contribution in [3.8, 4) is 6.07 Å². The van der Waals surface area contributed by atoms with Crippen LogP contribution in [0.4, 0.5) is 0 Å². The molecule has 3 nitrogen and oxygen atoms in total. The van der Waals surface area contributed by atoms with Gasteiger partial charge in [0.2, 0.25) is 0 Å². The summed E-state index contributed by atoms with van der Waals surface area (Å²) in [4.78, 5) is 7.91. The first-order chi connectivity index (χ1) is 7.81. The summed E-state index contributed by atoms with van der Waals surface area (Å²) in [6, 6.07) is 11.2. The fraction of sp³-hybridized carbons (Fsp3) is 0.0833. The average Bonchev–Trinajstić information content (AvgIpc) is 2.31. The number of halogens is 1. The number of nitrogens with zero attached hydrogens (tertiary/aromatic N) is 3. The second kappa shape index (κ2) is 4.73. The average molecular weight is 230 g/mol. The Morgan fingerprint density at radius 2 is 2.19 bits per heavy atom. The maximum Gasteiger partial charge on any atom is 0.115 e. The summed E-state index contributed by atoms with van der Waals surface area (Å²) in [5.41, 5.74) is 1.52. The van der Waals surface area contributed by atoms with Crippen LogP contribution in [-0.4, -0.2) is 9.97 Å². The zero-order valence-electron chi connectivity index (χ0n) is 8.34. The summed E-state index contributed by atoms with van der Waals surface area (Å²) in [6.45, 7) is 0. The van der Waals surface area contributed by atoms with Gasteiger partial charge in [-0.2, -0.15) is 5.26 Å². The number of hydrogen-bond donors (Lipinski definition) is 0. The Hall–Kier alpha value is -1.92. The number of benzene rings is 1. The van der Waals surface area contributed by atoms with E-state index in [9.17, 15) is 5.26 Å². The molecule has 2 rings (SSSR count). The van der Waals surface area contributed by atoms with E-state index in [0.717, 1.165) is 5.56 Å². The minimum Gasteiger partial charge on any atom is -0.245 e. The molecule has 0 aliphatic rings. The van der Waals surface area contributed by atoms with Gasteiger partial charge in [-0.1, -0.05) is 23.7 Å². The van der Waals surface area contributed by atoms with Crippen LogP contribution in [0.2, 0.25) is 5.02 Å². The van der Waals surface area contributed by atoms with Crippen LogP contribution in [0.1, 0.15) is 17.2 Å². The molecule has 1 aromatic heterocycles. The topological polar surface area (TPSA) is 49.6 Å². The minimum absolute atomic E-state index is 0.401. The highest BCUT2D eigenvalue weighted by atomic mass is 35.5. The van der Waals surface area contributed by atoms with Crippen molar-refractivity contribution in [2.45, 2.75) is 5.92 Å². The van der Waals surface area contributed by atoms with Crippen molar-refractivity contribution in [1.82, 2.24) is 9.97 Å². The predicted octanol–water partition coefficient (Wildman–Crippen LogP) is 2.79. The van der Waals surface area contributed by atoms with Gasteiger partial charge in [0.15, 0.2) is 0 Å². The Kier molecular flexibility index (Phi) is 3.13. The molecule has 1 unspecified atom stereocenters. The van der Waals surface area contributed by atoms with E-state index in [2.05, 4.69) is 16.0 Å². The number of nitriles is 1. The van der Waals surface area contributed by atoms with Crippen LogP contribution in [0.15, 0.2) is 42.9 Å². The van der Waals surface area contributed by atoms with Crippen molar-refractivity contribution in [1.29, 1.82) is 5.26 Å². The Bertz CT molecular complexity index is 519. The highest BCUT2D eigenvalue weighted by Gasteiger charge is 2.14. The lowest BCUT2D eigenvalue weighted by atomic mass is 9.97. The largest absolute Gasteiger partial charge is 0.245 e. The molecule has 1 heterocycles. The molecule has 78 valence electrons. The quantitative estimate of drug-likeness (QED) is 0.796. The second-order valence-electron chi connectivity index (χ2n) is 3.25. The summed E-state index contributed by atoms with van der Waals surface area (Å²) >= 11 is 5.89. The van der Waals surface area contributed by atoms with E-state index >= 15 is 0 Å². The fourth-order valence-corrected chi connectivity index (χ4v) is 1.67. The SMILES string of the molecule is N#CC(c1cccc(Cl)c1)c1ccncn1. The van der Waals surface area contributed by atoms with Crippen molar-refractivity contribution < 1.29 is 0 Å². The third-order valence-corrected chi connectivity index (χ3v) is 2.45. The van der Waals surface area contributed by atoms with Crippen LogP contribution in [0.5, 0.6) is 0 Å². The number of aromatic nitrogens is 2. The van der Waals surface area contributed by atoms with E-state index < -0.39 is 5.92 Å². The first-order valence-electron chi connectivity index (χ1n) is 4.72. The molecule has 0 bridgehead atoms. The van der Waals surface area contributed by atoms with E-state index in [1.165, 1.54) is 6.33 Å². The van der Waals surface area contributed by atoms with Gasteiger partial charge in [0.1, 0.15) is 12.2 Å². The summed E-state index contributed by atoms with van der Waals surface area (Å²) in [7, 11) is 0. The van der Waals surface area contributed by atoms with E-state index in [4.69, 9.17) is 11.6 Å². The monoisotopic (exact) mass is 229 g/mol. The molecule has 0 aliphatic heterocycles. The Morgan fingerprint density at radius 3 is 2.81 bits per heavy atom. The number of hydrogen-bond acceptors (Lipinski definition) is 3. The highest BCUT2D eigenvalue weighted by molar-refractivity contribution is 6.30. The molecule has 16 heavy (non-hydrogen) atoms. The first-order valence-corrected chi connectivity index (χ1v) is 5.10. The van der Waals surface area contributed by atoms with Gasteiger partial charge in [0, 0.05) is 11.2 Å². The summed E-state index contributed by atoms with van der Waals surface area (Å²) in [5.74, 6) is -0.401. The van der Waals surface area contributed by atoms with Crippen LogP contribution >= 0.6 is 11.6 Å². The number of rotatable bonds is 2. The third-order valence-electron chi connectivity index (χ3n) is 2.21. The van der Waals surface area contributed by atoms with Crippen molar-refractivity contribution >= 4 is 11.6 Å². The van der Waals surface area contributed by atoms with Gasteiger partial charge in [0.05, 0.1) is 11.8 Å². The molecule has 2 aromatic rings. The van der Waals surface area contributed by atoms with Gasteiger partial charge in [-0.3, -0.25) is 0 Å². The molecular formula is C12H8ClN3. The normalized spacial score (nSPS) is 11.8. The molecule has 4 heteroatoms. The van der Waals surface area contributed by atoms with E-state index in [1.807, 2.05) is 12.1 Å². The molecule has 0 radical (unpaired) electrons. The predicted molar refractivity (Wildman–Crippen MR) is 60.9 cm³/mol.